The molecule has 0 radical (unpaired) electrons. The summed E-state index contributed by atoms with van der Waals surface area (Å²) in [4.78, 5) is 28.4. The lowest BCUT2D eigenvalue weighted by molar-refractivity contribution is -0.140. The number of likely N-dealkylation sites (tertiary alicyclic amines) is 1. The van der Waals surface area contributed by atoms with Crippen LogP contribution in [-0.4, -0.2) is 27.8 Å². The largest absolute Gasteiger partial charge is 0.507 e. The van der Waals surface area contributed by atoms with Crippen LogP contribution < -0.4 is 9.47 Å². The Bertz CT molecular complexity index is 1580. The normalized spacial score (nSPS) is 19.6. The number of nitrogens with zero attached hydrogens (tertiary/aromatic N) is 1. The number of aliphatic hydroxyl groups excluding tert-OH is 1. The number of hydrogen-bond acceptors (Lipinski definition) is 5. The number of ketones is 1. The van der Waals surface area contributed by atoms with Crippen LogP contribution in [0, 0.1) is 0 Å². The van der Waals surface area contributed by atoms with Crippen LogP contribution in [0.2, 0.25) is 0 Å². The van der Waals surface area contributed by atoms with Crippen LogP contribution in [0.4, 0.5) is 0 Å². The molecule has 39 heavy (non-hydrogen) atoms. The van der Waals surface area contributed by atoms with Crippen molar-refractivity contribution in [3.63, 3.8) is 0 Å². The van der Waals surface area contributed by atoms with Gasteiger partial charge in [0.15, 0.2) is 0 Å². The van der Waals surface area contributed by atoms with Gasteiger partial charge in [0.2, 0.25) is 0 Å². The highest BCUT2D eigenvalue weighted by atomic mass is 16.5. The molecule has 2 heterocycles. The maximum atomic E-state index is 13.5. The van der Waals surface area contributed by atoms with Gasteiger partial charge in [-0.05, 0) is 66.1 Å². The van der Waals surface area contributed by atoms with Crippen LogP contribution in [0.15, 0.2) is 109 Å². The van der Waals surface area contributed by atoms with Crippen molar-refractivity contribution in [2.45, 2.75) is 32.0 Å². The second kappa shape index (κ2) is 10.1. The van der Waals surface area contributed by atoms with E-state index in [9.17, 15) is 14.7 Å². The summed E-state index contributed by atoms with van der Waals surface area (Å²) < 4.78 is 11.8. The van der Waals surface area contributed by atoms with E-state index < -0.39 is 17.7 Å². The number of rotatable bonds is 6. The molecule has 1 saturated heterocycles. The molecule has 6 heteroatoms. The standard InChI is InChI=1S/C33H27NO5/c1-21-17-25-18-24(15-16-28(25)38-21)31(35)29-30(34(33(37)32(29)36)20-22-9-4-2-5-10-22)23-11-8-14-27(19-23)39-26-12-6-3-7-13-26/h2-16,18-19,21,30,35H,17,20H2,1H3/b31-29+/t21-,30-/m1/s1. The van der Waals surface area contributed by atoms with Gasteiger partial charge in [0.1, 0.15) is 29.1 Å². The topological polar surface area (TPSA) is 76.1 Å². The van der Waals surface area contributed by atoms with Crippen LogP contribution >= 0.6 is 0 Å². The zero-order valence-electron chi connectivity index (χ0n) is 21.4. The smallest absolute Gasteiger partial charge is 0.295 e. The minimum atomic E-state index is -0.798. The van der Waals surface area contributed by atoms with Gasteiger partial charge >= 0.3 is 0 Å². The molecule has 2 atom stereocenters. The summed E-state index contributed by atoms with van der Waals surface area (Å²) in [6.45, 7) is 2.20. The fourth-order valence-corrected chi connectivity index (χ4v) is 5.27. The van der Waals surface area contributed by atoms with Gasteiger partial charge in [-0.2, -0.15) is 0 Å². The molecule has 6 rings (SSSR count). The van der Waals surface area contributed by atoms with Gasteiger partial charge in [-0.1, -0.05) is 60.7 Å². The summed E-state index contributed by atoms with van der Waals surface area (Å²) in [7, 11) is 0. The van der Waals surface area contributed by atoms with Gasteiger partial charge in [-0.25, -0.2) is 0 Å². The average Bonchev–Trinajstić information content (AvgIpc) is 3.45. The van der Waals surface area contributed by atoms with Gasteiger partial charge in [0.25, 0.3) is 11.7 Å². The molecule has 2 aliphatic heterocycles. The van der Waals surface area contributed by atoms with Crippen molar-refractivity contribution in [2.75, 3.05) is 0 Å². The van der Waals surface area contributed by atoms with Crippen LogP contribution in [-0.2, 0) is 22.6 Å². The quantitative estimate of drug-likeness (QED) is 0.181. The van der Waals surface area contributed by atoms with Gasteiger partial charge in [-0.15, -0.1) is 0 Å². The first-order chi connectivity index (χ1) is 19.0. The predicted octanol–water partition coefficient (Wildman–Crippen LogP) is 6.42. The zero-order valence-corrected chi connectivity index (χ0v) is 21.4. The number of hydrogen-bond donors (Lipinski definition) is 1. The molecule has 4 aromatic rings. The highest BCUT2D eigenvalue weighted by molar-refractivity contribution is 6.46. The molecule has 0 aromatic heterocycles. The number of ether oxygens (including phenoxy) is 2. The van der Waals surface area contributed by atoms with Crippen molar-refractivity contribution in [3.8, 4) is 17.2 Å². The average molecular weight is 518 g/mol. The van der Waals surface area contributed by atoms with Crippen LogP contribution in [0.1, 0.15) is 35.2 Å². The monoisotopic (exact) mass is 517 g/mol. The van der Waals surface area contributed by atoms with Crippen molar-refractivity contribution in [1.82, 2.24) is 4.90 Å². The Kier molecular flexibility index (Phi) is 6.37. The van der Waals surface area contributed by atoms with E-state index in [1.807, 2.05) is 97.9 Å². The molecule has 6 nitrogen and oxygen atoms in total. The van der Waals surface area contributed by atoms with E-state index in [-0.39, 0.29) is 24.0 Å². The van der Waals surface area contributed by atoms with Crippen molar-refractivity contribution in [3.05, 3.63) is 131 Å². The highest BCUT2D eigenvalue weighted by Crippen LogP contribution is 2.42. The lowest BCUT2D eigenvalue weighted by Crippen LogP contribution is -2.29. The van der Waals surface area contributed by atoms with Crippen LogP contribution in [0.25, 0.3) is 5.76 Å². The minimum absolute atomic E-state index is 0.0428. The van der Waals surface area contributed by atoms with Crippen molar-refractivity contribution in [2.24, 2.45) is 0 Å². The first-order valence-electron chi connectivity index (χ1n) is 12.9. The molecule has 1 amide bonds. The van der Waals surface area contributed by atoms with E-state index in [2.05, 4.69) is 0 Å². The molecule has 0 unspecified atom stereocenters. The molecule has 0 aliphatic carbocycles. The van der Waals surface area contributed by atoms with Crippen molar-refractivity contribution >= 4 is 17.4 Å². The number of carbonyl (C=O) groups is 2. The molecule has 0 bridgehead atoms. The number of aliphatic hydroxyl groups is 1. The minimum Gasteiger partial charge on any atom is -0.507 e. The number of para-hydroxylation sites is 1. The van der Waals surface area contributed by atoms with Crippen LogP contribution in [0.5, 0.6) is 17.2 Å². The Morgan fingerprint density at radius 1 is 0.897 bits per heavy atom. The van der Waals surface area contributed by atoms with Crippen molar-refractivity contribution in [1.29, 1.82) is 0 Å². The predicted molar refractivity (Wildman–Crippen MR) is 147 cm³/mol. The molecule has 2 aliphatic rings. The van der Waals surface area contributed by atoms with E-state index in [0.717, 1.165) is 16.9 Å². The third-order valence-corrected chi connectivity index (χ3v) is 7.06. The number of Topliss-reactive ketones (excluding diaryl/α,β-unsaturated/α-hetero) is 1. The summed E-state index contributed by atoms with van der Waals surface area (Å²) in [6, 6.07) is 30.8. The molecular formula is C33H27NO5. The van der Waals surface area contributed by atoms with Gasteiger partial charge in [0, 0.05) is 18.5 Å². The first-order valence-corrected chi connectivity index (χ1v) is 12.9. The maximum absolute atomic E-state index is 13.5. The lowest BCUT2D eigenvalue weighted by Gasteiger charge is -2.26. The molecule has 1 fully saturated rings. The Hall–Kier alpha value is -4.84. The van der Waals surface area contributed by atoms with Gasteiger partial charge in [-0.3, -0.25) is 9.59 Å². The van der Waals surface area contributed by atoms with E-state index in [1.165, 1.54) is 4.90 Å². The van der Waals surface area contributed by atoms with E-state index in [4.69, 9.17) is 9.47 Å². The highest BCUT2D eigenvalue weighted by Gasteiger charge is 2.46. The number of carbonyl (C=O) groups excluding carboxylic acids is 2. The van der Waals surface area contributed by atoms with Crippen molar-refractivity contribution < 1.29 is 24.2 Å². The zero-order chi connectivity index (χ0) is 26.9. The number of amides is 1. The fraction of sp³-hybridized carbons (Fsp3) is 0.152. The summed E-state index contributed by atoms with van der Waals surface area (Å²) in [5.74, 6) is 0.428. The Morgan fingerprint density at radius 2 is 1.62 bits per heavy atom. The number of benzene rings is 4. The first kappa shape index (κ1) is 24.5. The summed E-state index contributed by atoms with van der Waals surface area (Å²) >= 11 is 0. The van der Waals surface area contributed by atoms with Gasteiger partial charge in [0.05, 0.1) is 11.6 Å². The van der Waals surface area contributed by atoms with E-state index in [1.54, 1.807) is 12.1 Å². The van der Waals surface area contributed by atoms with E-state index >= 15 is 0 Å². The Labute approximate surface area is 226 Å². The second-order valence-electron chi connectivity index (χ2n) is 9.86. The lowest BCUT2D eigenvalue weighted by atomic mass is 9.94. The molecule has 194 valence electrons. The summed E-state index contributed by atoms with van der Waals surface area (Å²) in [6.07, 6.45) is 0.752. The Morgan fingerprint density at radius 3 is 2.38 bits per heavy atom. The summed E-state index contributed by atoms with van der Waals surface area (Å²) in [5, 5.41) is 11.5. The third kappa shape index (κ3) is 4.77. The number of fused-ring (bicyclic) bond motifs is 1. The molecular weight excluding hydrogens is 490 g/mol. The third-order valence-electron chi connectivity index (χ3n) is 7.06. The SMILES string of the molecule is C[C@@H]1Cc2cc(/C(O)=C3\C(=O)C(=O)N(Cc4ccccc4)[C@@H]3c3cccc(Oc4ccccc4)c3)ccc2O1. The molecule has 0 spiro atoms. The van der Waals surface area contributed by atoms with Gasteiger partial charge < -0.3 is 19.5 Å². The van der Waals surface area contributed by atoms with E-state index in [0.29, 0.717) is 29.0 Å². The maximum Gasteiger partial charge on any atom is 0.295 e. The molecule has 4 aromatic carbocycles. The fourth-order valence-electron chi connectivity index (χ4n) is 5.27. The van der Waals surface area contributed by atoms with Crippen LogP contribution in [0.3, 0.4) is 0 Å². The Balaban J connectivity index is 1.45. The summed E-state index contributed by atoms with van der Waals surface area (Å²) in [5.41, 5.74) is 3.04. The molecule has 1 N–H and O–H groups in total. The second-order valence-corrected chi connectivity index (χ2v) is 9.86. The molecule has 0 saturated carbocycles.